The van der Waals surface area contributed by atoms with E-state index in [9.17, 15) is 9.18 Å². The molecule has 26 heavy (non-hydrogen) atoms. The van der Waals surface area contributed by atoms with Gasteiger partial charge < -0.3 is 14.8 Å². The zero-order chi connectivity index (χ0) is 18.5. The van der Waals surface area contributed by atoms with Gasteiger partial charge in [0, 0.05) is 11.3 Å². The Balaban J connectivity index is 1.60. The summed E-state index contributed by atoms with van der Waals surface area (Å²) in [5.41, 5.74) is 0.868. The van der Waals surface area contributed by atoms with Gasteiger partial charge in [0.05, 0.1) is 24.5 Å². The Morgan fingerprint density at radius 2 is 1.77 bits per heavy atom. The number of halogens is 1. The Hall–Kier alpha value is -2.21. The standard InChI is InChI=1S/C20H22FNO3S/c1-13(15-4-6-16(21)7-5-15)22-20(23)14(2)26-17-8-9-18-19(12-17)25-11-3-10-24-18/h4-9,12-14H,3,10-11H2,1-2H3,(H,22,23). The first-order chi connectivity index (χ1) is 12.5. The smallest absolute Gasteiger partial charge is 0.233 e. The molecule has 6 heteroatoms. The lowest BCUT2D eigenvalue weighted by molar-refractivity contribution is -0.120. The summed E-state index contributed by atoms with van der Waals surface area (Å²) < 4.78 is 24.3. The van der Waals surface area contributed by atoms with Crippen LogP contribution < -0.4 is 14.8 Å². The fraction of sp³-hybridized carbons (Fsp3) is 0.350. The third-order valence-electron chi connectivity index (χ3n) is 4.13. The van der Waals surface area contributed by atoms with Crippen molar-refractivity contribution in [1.29, 1.82) is 0 Å². The number of fused-ring (bicyclic) bond motifs is 1. The highest BCUT2D eigenvalue weighted by Crippen LogP contribution is 2.35. The molecule has 1 aliphatic heterocycles. The third-order valence-corrected chi connectivity index (χ3v) is 5.22. The van der Waals surface area contributed by atoms with Gasteiger partial charge in [-0.1, -0.05) is 12.1 Å². The van der Waals surface area contributed by atoms with Crippen LogP contribution in [0.2, 0.25) is 0 Å². The summed E-state index contributed by atoms with van der Waals surface area (Å²) in [4.78, 5) is 13.4. The molecule has 0 bridgehead atoms. The van der Waals surface area contributed by atoms with Gasteiger partial charge in [0.15, 0.2) is 11.5 Å². The normalized spacial score (nSPS) is 15.7. The fourth-order valence-corrected chi connectivity index (χ4v) is 3.55. The molecule has 2 unspecified atom stereocenters. The summed E-state index contributed by atoms with van der Waals surface area (Å²) in [7, 11) is 0. The van der Waals surface area contributed by atoms with Crippen LogP contribution in [0.3, 0.4) is 0 Å². The maximum absolute atomic E-state index is 13.0. The topological polar surface area (TPSA) is 47.6 Å². The molecule has 0 aromatic heterocycles. The summed E-state index contributed by atoms with van der Waals surface area (Å²) in [5, 5.41) is 2.69. The second kappa shape index (κ2) is 8.45. The summed E-state index contributed by atoms with van der Waals surface area (Å²) in [6.07, 6.45) is 0.858. The molecular formula is C20H22FNO3S. The molecule has 1 N–H and O–H groups in total. The maximum atomic E-state index is 13.0. The van der Waals surface area contributed by atoms with Crippen molar-refractivity contribution in [2.24, 2.45) is 0 Å². The summed E-state index contributed by atoms with van der Waals surface area (Å²) in [5.74, 6) is 1.11. The summed E-state index contributed by atoms with van der Waals surface area (Å²) in [6.45, 7) is 5.03. The zero-order valence-corrected chi connectivity index (χ0v) is 15.6. The van der Waals surface area contributed by atoms with E-state index in [2.05, 4.69) is 5.32 Å². The monoisotopic (exact) mass is 375 g/mol. The Morgan fingerprint density at radius 3 is 2.50 bits per heavy atom. The SMILES string of the molecule is CC(Sc1ccc2c(c1)OCCCO2)C(=O)NC(C)c1ccc(F)cc1. The van der Waals surface area contributed by atoms with Crippen molar-refractivity contribution < 1.29 is 18.7 Å². The predicted octanol–water partition coefficient (Wildman–Crippen LogP) is 4.35. The number of benzene rings is 2. The molecule has 0 saturated heterocycles. The van der Waals surface area contributed by atoms with Gasteiger partial charge in [0.1, 0.15) is 5.82 Å². The number of thioether (sulfide) groups is 1. The first-order valence-corrected chi connectivity index (χ1v) is 9.53. The van der Waals surface area contributed by atoms with Gasteiger partial charge in [-0.3, -0.25) is 4.79 Å². The van der Waals surface area contributed by atoms with Crippen molar-refractivity contribution in [3.63, 3.8) is 0 Å². The van der Waals surface area contributed by atoms with Crippen molar-refractivity contribution in [2.45, 2.75) is 36.5 Å². The lowest BCUT2D eigenvalue weighted by atomic mass is 10.1. The fourth-order valence-electron chi connectivity index (χ4n) is 2.64. The van der Waals surface area contributed by atoms with Crippen LogP contribution in [0.1, 0.15) is 31.9 Å². The highest BCUT2D eigenvalue weighted by molar-refractivity contribution is 8.00. The highest BCUT2D eigenvalue weighted by atomic mass is 32.2. The molecule has 1 amide bonds. The number of hydrogen-bond donors (Lipinski definition) is 1. The van der Waals surface area contributed by atoms with E-state index in [1.807, 2.05) is 32.0 Å². The van der Waals surface area contributed by atoms with Crippen molar-refractivity contribution in [3.05, 3.63) is 53.8 Å². The van der Waals surface area contributed by atoms with Crippen molar-refractivity contribution in [3.8, 4) is 11.5 Å². The molecule has 0 fully saturated rings. The Kier molecular flexibility index (Phi) is 6.04. The largest absolute Gasteiger partial charge is 0.490 e. The summed E-state index contributed by atoms with van der Waals surface area (Å²) in [6, 6.07) is 11.7. The first-order valence-electron chi connectivity index (χ1n) is 8.65. The van der Waals surface area contributed by atoms with Gasteiger partial charge >= 0.3 is 0 Å². The van der Waals surface area contributed by atoms with E-state index in [0.717, 1.165) is 28.4 Å². The van der Waals surface area contributed by atoms with Crippen molar-refractivity contribution >= 4 is 17.7 Å². The molecule has 4 nitrogen and oxygen atoms in total. The number of carbonyl (C=O) groups is 1. The molecule has 1 aliphatic rings. The van der Waals surface area contributed by atoms with Gasteiger partial charge in [-0.05, 0) is 49.7 Å². The number of carbonyl (C=O) groups excluding carboxylic acids is 1. The third kappa shape index (κ3) is 4.69. The van der Waals surface area contributed by atoms with Crippen LogP contribution in [0.4, 0.5) is 4.39 Å². The predicted molar refractivity (Wildman–Crippen MR) is 100 cm³/mol. The highest BCUT2D eigenvalue weighted by Gasteiger charge is 2.19. The quantitative estimate of drug-likeness (QED) is 0.790. The number of nitrogens with one attached hydrogen (secondary N) is 1. The molecule has 138 valence electrons. The van der Waals surface area contributed by atoms with Crippen LogP contribution in [-0.4, -0.2) is 24.4 Å². The lowest BCUT2D eigenvalue weighted by Crippen LogP contribution is -2.33. The van der Waals surface area contributed by atoms with E-state index in [1.54, 1.807) is 12.1 Å². The minimum absolute atomic E-state index is 0.0704. The van der Waals surface area contributed by atoms with Gasteiger partial charge in [0.2, 0.25) is 5.91 Å². The number of ether oxygens (including phenoxy) is 2. The number of rotatable bonds is 5. The van der Waals surface area contributed by atoms with E-state index >= 15 is 0 Å². The summed E-state index contributed by atoms with van der Waals surface area (Å²) >= 11 is 1.46. The van der Waals surface area contributed by atoms with Crippen molar-refractivity contribution in [2.75, 3.05) is 13.2 Å². The van der Waals surface area contributed by atoms with Crippen LogP contribution in [0.25, 0.3) is 0 Å². The van der Waals surface area contributed by atoms with Gasteiger partial charge in [0.25, 0.3) is 0 Å². The molecule has 0 saturated carbocycles. The van der Waals surface area contributed by atoms with Crippen LogP contribution in [0, 0.1) is 5.82 Å². The lowest BCUT2D eigenvalue weighted by Gasteiger charge is -2.18. The van der Waals surface area contributed by atoms with E-state index in [-0.39, 0.29) is 23.0 Å². The van der Waals surface area contributed by atoms with Crippen LogP contribution in [0.15, 0.2) is 47.4 Å². The number of amides is 1. The maximum Gasteiger partial charge on any atom is 0.233 e. The Labute approximate surface area is 157 Å². The molecule has 0 spiro atoms. The van der Waals surface area contributed by atoms with Crippen LogP contribution in [0.5, 0.6) is 11.5 Å². The van der Waals surface area contributed by atoms with Crippen molar-refractivity contribution in [1.82, 2.24) is 5.32 Å². The second-order valence-electron chi connectivity index (χ2n) is 6.20. The zero-order valence-electron chi connectivity index (χ0n) is 14.8. The molecule has 3 rings (SSSR count). The average Bonchev–Trinajstić information content (AvgIpc) is 2.87. The van der Waals surface area contributed by atoms with E-state index in [0.29, 0.717) is 13.2 Å². The van der Waals surface area contributed by atoms with E-state index < -0.39 is 0 Å². The van der Waals surface area contributed by atoms with Crippen LogP contribution >= 0.6 is 11.8 Å². The van der Waals surface area contributed by atoms with E-state index in [4.69, 9.17) is 9.47 Å². The molecule has 0 aliphatic carbocycles. The molecule has 1 heterocycles. The van der Waals surface area contributed by atoms with Gasteiger partial charge in [-0.15, -0.1) is 11.8 Å². The Morgan fingerprint density at radius 1 is 1.08 bits per heavy atom. The van der Waals surface area contributed by atoms with Gasteiger partial charge in [-0.25, -0.2) is 4.39 Å². The Bertz CT molecular complexity index is 766. The molecule has 2 atom stereocenters. The molecular weight excluding hydrogens is 353 g/mol. The minimum atomic E-state index is -0.286. The molecule has 2 aromatic rings. The first kappa shape index (κ1) is 18.6. The second-order valence-corrected chi connectivity index (χ2v) is 7.62. The molecule has 0 radical (unpaired) electrons. The average molecular weight is 375 g/mol. The van der Waals surface area contributed by atoms with Crippen LogP contribution in [-0.2, 0) is 4.79 Å². The minimum Gasteiger partial charge on any atom is -0.490 e. The molecule has 2 aromatic carbocycles. The van der Waals surface area contributed by atoms with E-state index in [1.165, 1.54) is 23.9 Å². The van der Waals surface area contributed by atoms with Gasteiger partial charge in [-0.2, -0.15) is 0 Å². The number of hydrogen-bond acceptors (Lipinski definition) is 4.